The number of sulfone groups is 1. The molecule has 1 fully saturated rings. The number of halogens is 2. The van der Waals surface area contributed by atoms with Crippen molar-refractivity contribution in [3.8, 4) is 11.5 Å². The van der Waals surface area contributed by atoms with Crippen molar-refractivity contribution >= 4 is 38.9 Å². The van der Waals surface area contributed by atoms with E-state index in [9.17, 15) is 13.2 Å². The van der Waals surface area contributed by atoms with Gasteiger partial charge in [0.25, 0.3) is 5.91 Å². The standard InChI is InChI=1S/C20H21Cl2NO5S/c1-27-17-4-2-3-14(9-17)11-23(16-7-8-29(25,26)13-16)20(24)12-28-19-6-5-15(21)10-18(19)22/h2-6,9-10,16H,7-8,11-13H2,1H3/t16-/m0/s1. The maximum Gasteiger partial charge on any atom is 0.261 e. The van der Waals surface area contributed by atoms with Crippen molar-refractivity contribution in [2.45, 2.75) is 19.0 Å². The average molecular weight is 458 g/mol. The third-order valence-electron chi connectivity index (χ3n) is 4.70. The topological polar surface area (TPSA) is 72.9 Å². The molecule has 2 aromatic rings. The van der Waals surface area contributed by atoms with Gasteiger partial charge in [0.15, 0.2) is 16.4 Å². The summed E-state index contributed by atoms with van der Waals surface area (Å²) < 4.78 is 34.7. The minimum atomic E-state index is -3.15. The predicted octanol–water partition coefficient (Wildman–Crippen LogP) is 3.60. The quantitative estimate of drug-likeness (QED) is 0.634. The van der Waals surface area contributed by atoms with Crippen LogP contribution in [0.4, 0.5) is 0 Å². The Labute approximate surface area is 180 Å². The van der Waals surface area contributed by atoms with Gasteiger partial charge in [-0.2, -0.15) is 0 Å². The maximum atomic E-state index is 13.0. The van der Waals surface area contributed by atoms with Crippen LogP contribution in [0.25, 0.3) is 0 Å². The molecule has 0 spiro atoms. The molecular weight excluding hydrogens is 437 g/mol. The van der Waals surface area contributed by atoms with Gasteiger partial charge in [0.2, 0.25) is 0 Å². The highest BCUT2D eigenvalue weighted by atomic mass is 35.5. The fraction of sp³-hybridized carbons (Fsp3) is 0.350. The summed E-state index contributed by atoms with van der Waals surface area (Å²) in [7, 11) is -1.59. The van der Waals surface area contributed by atoms with E-state index in [1.165, 1.54) is 6.07 Å². The van der Waals surface area contributed by atoms with E-state index < -0.39 is 15.9 Å². The zero-order chi connectivity index (χ0) is 21.0. The van der Waals surface area contributed by atoms with E-state index in [1.807, 2.05) is 18.2 Å². The first-order valence-corrected chi connectivity index (χ1v) is 11.6. The van der Waals surface area contributed by atoms with E-state index in [0.717, 1.165) is 5.56 Å². The molecule has 0 aliphatic carbocycles. The van der Waals surface area contributed by atoms with E-state index in [1.54, 1.807) is 30.2 Å². The second-order valence-electron chi connectivity index (χ2n) is 6.79. The Morgan fingerprint density at radius 1 is 1.21 bits per heavy atom. The van der Waals surface area contributed by atoms with E-state index in [2.05, 4.69) is 0 Å². The van der Waals surface area contributed by atoms with Crippen LogP contribution in [0.1, 0.15) is 12.0 Å². The monoisotopic (exact) mass is 457 g/mol. The van der Waals surface area contributed by atoms with Gasteiger partial charge in [-0.1, -0.05) is 35.3 Å². The number of rotatable bonds is 7. The molecule has 0 N–H and O–H groups in total. The van der Waals surface area contributed by atoms with E-state index in [0.29, 0.717) is 28.0 Å². The molecule has 0 radical (unpaired) electrons. The Hall–Kier alpha value is -1.96. The first-order valence-electron chi connectivity index (χ1n) is 8.98. The highest BCUT2D eigenvalue weighted by Crippen LogP contribution is 2.28. The van der Waals surface area contributed by atoms with Gasteiger partial charge in [-0.05, 0) is 42.3 Å². The smallest absolute Gasteiger partial charge is 0.261 e. The molecule has 0 saturated carbocycles. The van der Waals surface area contributed by atoms with E-state index >= 15 is 0 Å². The Bertz CT molecular complexity index is 996. The van der Waals surface area contributed by atoms with Crippen molar-refractivity contribution in [3.05, 3.63) is 58.1 Å². The summed E-state index contributed by atoms with van der Waals surface area (Å²) in [6.07, 6.45) is 0.403. The first-order chi connectivity index (χ1) is 13.8. The van der Waals surface area contributed by atoms with Crippen LogP contribution in [0.3, 0.4) is 0 Å². The molecule has 0 bridgehead atoms. The Morgan fingerprint density at radius 2 is 2.00 bits per heavy atom. The molecule has 2 aromatic carbocycles. The lowest BCUT2D eigenvalue weighted by atomic mass is 10.1. The van der Waals surface area contributed by atoms with Crippen LogP contribution in [0.15, 0.2) is 42.5 Å². The number of hydrogen-bond acceptors (Lipinski definition) is 5. The molecule has 1 heterocycles. The van der Waals surface area contributed by atoms with Gasteiger partial charge in [0.1, 0.15) is 11.5 Å². The molecule has 1 amide bonds. The van der Waals surface area contributed by atoms with E-state index in [4.69, 9.17) is 32.7 Å². The lowest BCUT2D eigenvalue weighted by Gasteiger charge is -2.28. The molecule has 0 aromatic heterocycles. The number of ether oxygens (including phenoxy) is 2. The maximum absolute atomic E-state index is 13.0. The number of carbonyl (C=O) groups is 1. The third kappa shape index (κ3) is 5.78. The van der Waals surface area contributed by atoms with Gasteiger partial charge in [-0.15, -0.1) is 0 Å². The minimum absolute atomic E-state index is 0.0512. The average Bonchev–Trinajstić information content (AvgIpc) is 3.04. The van der Waals surface area contributed by atoms with Gasteiger partial charge in [-0.3, -0.25) is 4.79 Å². The number of methoxy groups -OCH3 is 1. The van der Waals surface area contributed by atoms with Gasteiger partial charge in [0.05, 0.1) is 23.6 Å². The molecule has 1 atom stereocenters. The molecule has 0 unspecified atom stereocenters. The van der Waals surface area contributed by atoms with Crippen molar-refractivity contribution in [2.75, 3.05) is 25.2 Å². The van der Waals surface area contributed by atoms with Gasteiger partial charge < -0.3 is 14.4 Å². The number of nitrogens with zero attached hydrogens (tertiary/aromatic N) is 1. The van der Waals surface area contributed by atoms with Crippen LogP contribution in [-0.4, -0.2) is 50.5 Å². The zero-order valence-electron chi connectivity index (χ0n) is 15.8. The van der Waals surface area contributed by atoms with Crippen molar-refractivity contribution in [2.24, 2.45) is 0 Å². The number of carbonyl (C=O) groups excluding carboxylic acids is 1. The van der Waals surface area contributed by atoms with E-state index in [-0.39, 0.29) is 30.6 Å². The molecule has 156 valence electrons. The molecule has 1 saturated heterocycles. The van der Waals surface area contributed by atoms with Crippen molar-refractivity contribution in [3.63, 3.8) is 0 Å². The molecule has 29 heavy (non-hydrogen) atoms. The van der Waals surface area contributed by atoms with Crippen LogP contribution >= 0.6 is 23.2 Å². The summed E-state index contributed by atoms with van der Waals surface area (Å²) in [6.45, 7) is -0.00417. The second kappa shape index (κ2) is 9.24. The molecular formula is C20H21Cl2NO5S. The van der Waals surface area contributed by atoms with Crippen molar-refractivity contribution in [1.82, 2.24) is 4.90 Å². The number of amides is 1. The Morgan fingerprint density at radius 3 is 2.66 bits per heavy atom. The van der Waals surface area contributed by atoms with Crippen LogP contribution in [-0.2, 0) is 21.2 Å². The number of hydrogen-bond donors (Lipinski definition) is 0. The summed E-state index contributed by atoms with van der Waals surface area (Å²) in [6, 6.07) is 11.6. The summed E-state index contributed by atoms with van der Waals surface area (Å²) in [4.78, 5) is 14.5. The van der Waals surface area contributed by atoms with Gasteiger partial charge in [0, 0.05) is 17.6 Å². The first kappa shape index (κ1) is 21.7. The SMILES string of the molecule is COc1cccc(CN(C(=O)COc2ccc(Cl)cc2Cl)[C@H]2CCS(=O)(=O)C2)c1. The molecule has 3 rings (SSSR count). The number of benzene rings is 2. The van der Waals surface area contributed by atoms with Crippen molar-refractivity contribution in [1.29, 1.82) is 0 Å². The minimum Gasteiger partial charge on any atom is -0.497 e. The van der Waals surface area contributed by atoms with Gasteiger partial charge in [-0.25, -0.2) is 8.42 Å². The fourth-order valence-electron chi connectivity index (χ4n) is 3.22. The fourth-order valence-corrected chi connectivity index (χ4v) is 5.42. The molecule has 1 aliphatic heterocycles. The van der Waals surface area contributed by atoms with Crippen LogP contribution in [0, 0.1) is 0 Å². The zero-order valence-corrected chi connectivity index (χ0v) is 18.1. The summed E-state index contributed by atoms with van der Waals surface area (Å²) in [5.41, 5.74) is 0.839. The lowest BCUT2D eigenvalue weighted by molar-refractivity contribution is -0.136. The molecule has 6 nitrogen and oxygen atoms in total. The summed E-state index contributed by atoms with van der Waals surface area (Å²) in [5, 5.41) is 0.762. The summed E-state index contributed by atoms with van der Waals surface area (Å²) >= 11 is 12.0. The highest BCUT2D eigenvalue weighted by Gasteiger charge is 2.35. The van der Waals surface area contributed by atoms with Crippen LogP contribution in [0.2, 0.25) is 10.0 Å². The Balaban J connectivity index is 1.77. The predicted molar refractivity (Wildman–Crippen MR) is 113 cm³/mol. The van der Waals surface area contributed by atoms with Crippen LogP contribution in [0.5, 0.6) is 11.5 Å². The largest absolute Gasteiger partial charge is 0.497 e. The molecule has 9 heteroatoms. The normalized spacial score (nSPS) is 17.7. The summed E-state index contributed by atoms with van der Waals surface area (Å²) in [5.74, 6) is 0.706. The van der Waals surface area contributed by atoms with Gasteiger partial charge >= 0.3 is 0 Å². The Kier molecular flexibility index (Phi) is 6.93. The second-order valence-corrected chi connectivity index (χ2v) is 9.87. The highest BCUT2D eigenvalue weighted by molar-refractivity contribution is 7.91. The molecule has 1 aliphatic rings. The lowest BCUT2D eigenvalue weighted by Crippen LogP contribution is -2.43. The van der Waals surface area contributed by atoms with Crippen LogP contribution < -0.4 is 9.47 Å². The van der Waals surface area contributed by atoms with Crippen molar-refractivity contribution < 1.29 is 22.7 Å². The third-order valence-corrected chi connectivity index (χ3v) is 6.98.